The van der Waals surface area contributed by atoms with Crippen molar-refractivity contribution in [2.75, 3.05) is 18.8 Å². The summed E-state index contributed by atoms with van der Waals surface area (Å²) in [5, 5.41) is 6.87. The zero-order valence-electron chi connectivity index (χ0n) is 14.0. The van der Waals surface area contributed by atoms with Gasteiger partial charge in [0.2, 0.25) is 11.1 Å². The van der Waals surface area contributed by atoms with Gasteiger partial charge in [-0.05, 0) is 19.1 Å². The maximum absolute atomic E-state index is 12.2. The van der Waals surface area contributed by atoms with Crippen LogP contribution in [0.4, 0.5) is 0 Å². The summed E-state index contributed by atoms with van der Waals surface area (Å²) in [5.41, 5.74) is 0.698. The van der Waals surface area contributed by atoms with Crippen LogP contribution < -0.4 is 4.74 Å². The molecule has 1 aliphatic rings. The van der Waals surface area contributed by atoms with E-state index in [0.29, 0.717) is 28.9 Å². The Bertz CT molecular complexity index is 776. The lowest BCUT2D eigenvalue weighted by Gasteiger charge is -2.22. The Balaban J connectivity index is 1.66. The molecule has 0 radical (unpaired) electrons. The van der Waals surface area contributed by atoms with Gasteiger partial charge in [0.1, 0.15) is 12.3 Å². The molecule has 25 heavy (non-hydrogen) atoms. The fraction of sp³-hybridized carbons (Fsp3) is 0.211. The zero-order valence-corrected chi connectivity index (χ0v) is 14.8. The van der Waals surface area contributed by atoms with Gasteiger partial charge in [0.25, 0.3) is 0 Å². The van der Waals surface area contributed by atoms with E-state index in [9.17, 15) is 4.79 Å². The third-order valence-corrected chi connectivity index (χ3v) is 4.37. The summed E-state index contributed by atoms with van der Waals surface area (Å²) in [6.07, 6.45) is 0. The minimum atomic E-state index is 0.0580. The third-order valence-electron chi connectivity index (χ3n) is 3.54. The number of ether oxygens (including phenoxy) is 1. The molecule has 0 saturated carbocycles. The van der Waals surface area contributed by atoms with Crippen LogP contribution in [0.25, 0.3) is 0 Å². The first-order valence-corrected chi connectivity index (χ1v) is 9.08. The Kier molecular flexibility index (Phi) is 5.85. The second kappa shape index (κ2) is 8.48. The topological polar surface area (TPSA) is 54.3 Å². The fourth-order valence-electron chi connectivity index (χ4n) is 2.24. The van der Waals surface area contributed by atoms with Crippen LogP contribution in [-0.2, 0) is 0 Å². The van der Waals surface area contributed by atoms with Gasteiger partial charge in [-0.1, -0.05) is 60.3 Å². The number of para-hydroxylation sites is 1. The van der Waals surface area contributed by atoms with Crippen molar-refractivity contribution in [1.82, 2.24) is 5.01 Å². The average Bonchev–Trinajstić information content (AvgIpc) is 2.67. The lowest BCUT2D eigenvalue weighted by atomic mass is 10.2. The normalized spacial score (nSPS) is 13.9. The molecule has 5 nitrogen and oxygen atoms in total. The lowest BCUT2D eigenvalue weighted by molar-refractivity contribution is 0.102. The van der Waals surface area contributed by atoms with Crippen LogP contribution in [0.3, 0.4) is 0 Å². The summed E-state index contributed by atoms with van der Waals surface area (Å²) in [4.78, 5) is 16.7. The number of hydrazone groups is 1. The summed E-state index contributed by atoms with van der Waals surface area (Å²) in [6.45, 7) is 3.28. The summed E-state index contributed by atoms with van der Waals surface area (Å²) in [7, 11) is 0. The highest BCUT2D eigenvalue weighted by Crippen LogP contribution is 2.16. The van der Waals surface area contributed by atoms with Crippen LogP contribution in [-0.4, -0.2) is 40.7 Å². The molecule has 0 aliphatic carbocycles. The number of aliphatic imine (C=N–C) groups is 1. The number of Topliss-reactive ketones (excluding diaryl/α,β-unsaturated/α-hetero) is 1. The molecule has 0 aromatic heterocycles. The maximum atomic E-state index is 12.2. The van der Waals surface area contributed by atoms with Crippen LogP contribution >= 0.6 is 11.8 Å². The van der Waals surface area contributed by atoms with Gasteiger partial charge in [-0.3, -0.25) is 9.80 Å². The third kappa shape index (κ3) is 4.93. The Morgan fingerprint density at radius 1 is 1.12 bits per heavy atom. The molecule has 2 aromatic carbocycles. The molecule has 1 aliphatic heterocycles. The van der Waals surface area contributed by atoms with Gasteiger partial charge in [-0.15, -0.1) is 5.10 Å². The fourth-order valence-corrected chi connectivity index (χ4v) is 3.00. The van der Waals surface area contributed by atoms with Crippen LogP contribution in [0, 0.1) is 0 Å². The first-order chi connectivity index (χ1) is 12.2. The molecule has 0 bridgehead atoms. The SMILES string of the molecule is CCN1CC(Oc2ccccc2)=NC(SCC(=O)c2ccccc2)=N1. The number of hydrogen-bond donors (Lipinski definition) is 0. The second-order valence-corrected chi connectivity index (χ2v) is 6.30. The molecule has 128 valence electrons. The van der Waals surface area contributed by atoms with Crippen molar-refractivity contribution in [3.05, 3.63) is 66.2 Å². The van der Waals surface area contributed by atoms with Crippen molar-refractivity contribution in [2.45, 2.75) is 6.92 Å². The maximum Gasteiger partial charge on any atom is 0.218 e. The van der Waals surface area contributed by atoms with E-state index in [1.165, 1.54) is 11.8 Å². The predicted octanol–water partition coefficient (Wildman–Crippen LogP) is 3.69. The molecule has 0 N–H and O–H groups in total. The number of ketones is 1. The van der Waals surface area contributed by atoms with Crippen molar-refractivity contribution in [2.24, 2.45) is 10.1 Å². The molecule has 0 amide bonds. The molecule has 1 heterocycles. The molecule has 2 aromatic rings. The van der Waals surface area contributed by atoms with E-state index in [1.54, 1.807) is 0 Å². The second-order valence-electron chi connectivity index (χ2n) is 5.36. The number of carbonyl (C=O) groups excluding carboxylic acids is 1. The summed E-state index contributed by atoms with van der Waals surface area (Å²) in [6, 6.07) is 18.8. The zero-order chi connectivity index (χ0) is 17.5. The Hall–Kier alpha value is -2.60. The van der Waals surface area contributed by atoms with Crippen LogP contribution in [0.1, 0.15) is 17.3 Å². The van der Waals surface area contributed by atoms with Crippen molar-refractivity contribution >= 4 is 28.6 Å². The molecule has 6 heteroatoms. The molecule has 3 rings (SSSR count). The van der Waals surface area contributed by atoms with Gasteiger partial charge in [0, 0.05) is 12.1 Å². The number of hydrogen-bond acceptors (Lipinski definition) is 6. The average molecular weight is 353 g/mol. The van der Waals surface area contributed by atoms with E-state index >= 15 is 0 Å². The van der Waals surface area contributed by atoms with Gasteiger partial charge < -0.3 is 4.74 Å². The Morgan fingerprint density at radius 2 is 1.80 bits per heavy atom. The van der Waals surface area contributed by atoms with Crippen molar-refractivity contribution in [1.29, 1.82) is 0 Å². The van der Waals surface area contributed by atoms with Gasteiger partial charge in [0.15, 0.2) is 5.78 Å². The minimum absolute atomic E-state index is 0.0580. The molecule has 0 fully saturated rings. The number of likely N-dealkylation sites (N-methyl/N-ethyl adjacent to an activating group) is 1. The summed E-state index contributed by atoms with van der Waals surface area (Å²) in [5.74, 6) is 1.67. The molecular weight excluding hydrogens is 334 g/mol. The number of benzene rings is 2. The van der Waals surface area contributed by atoms with E-state index in [1.807, 2.05) is 72.6 Å². The predicted molar refractivity (Wildman–Crippen MR) is 102 cm³/mol. The molecule has 0 spiro atoms. The van der Waals surface area contributed by atoms with Crippen molar-refractivity contribution in [3.8, 4) is 5.75 Å². The quantitative estimate of drug-likeness (QED) is 0.770. The standard InChI is InChI=1S/C19H19N3O2S/c1-2-22-13-18(24-16-11-7-4-8-12-16)20-19(21-22)25-14-17(23)15-9-5-3-6-10-15/h3-12H,2,13-14H2,1H3. The Labute approximate surface area is 151 Å². The largest absolute Gasteiger partial charge is 0.441 e. The van der Waals surface area contributed by atoms with E-state index in [-0.39, 0.29) is 5.78 Å². The van der Waals surface area contributed by atoms with Crippen LogP contribution in [0.2, 0.25) is 0 Å². The van der Waals surface area contributed by atoms with Crippen molar-refractivity contribution < 1.29 is 9.53 Å². The first-order valence-electron chi connectivity index (χ1n) is 8.09. The van der Waals surface area contributed by atoms with Crippen molar-refractivity contribution in [3.63, 3.8) is 0 Å². The van der Waals surface area contributed by atoms with Crippen LogP contribution in [0.5, 0.6) is 5.75 Å². The van der Waals surface area contributed by atoms with E-state index < -0.39 is 0 Å². The smallest absolute Gasteiger partial charge is 0.218 e. The number of thioether (sulfide) groups is 1. The highest BCUT2D eigenvalue weighted by Gasteiger charge is 2.18. The van der Waals surface area contributed by atoms with E-state index in [0.717, 1.165) is 12.3 Å². The van der Waals surface area contributed by atoms with E-state index in [4.69, 9.17) is 4.74 Å². The molecule has 0 saturated heterocycles. The number of carbonyl (C=O) groups is 1. The highest BCUT2D eigenvalue weighted by atomic mass is 32.2. The van der Waals surface area contributed by atoms with Gasteiger partial charge in [-0.25, -0.2) is 0 Å². The first kappa shape index (κ1) is 17.2. The minimum Gasteiger partial charge on any atom is -0.441 e. The molecular formula is C19H19N3O2S. The monoisotopic (exact) mass is 353 g/mol. The summed E-state index contributed by atoms with van der Waals surface area (Å²) < 4.78 is 5.84. The number of nitrogens with zero attached hydrogens (tertiary/aromatic N) is 3. The molecule has 0 unspecified atom stereocenters. The number of rotatable bonds is 5. The Morgan fingerprint density at radius 3 is 2.48 bits per heavy atom. The number of amidine groups is 1. The molecule has 0 atom stereocenters. The van der Waals surface area contributed by atoms with Gasteiger partial charge in [0.05, 0.1) is 5.75 Å². The van der Waals surface area contributed by atoms with Gasteiger partial charge in [-0.2, -0.15) is 4.99 Å². The lowest BCUT2D eigenvalue weighted by Crippen LogP contribution is -2.33. The van der Waals surface area contributed by atoms with Crippen LogP contribution in [0.15, 0.2) is 70.8 Å². The summed E-state index contributed by atoms with van der Waals surface area (Å²) >= 11 is 1.33. The highest BCUT2D eigenvalue weighted by molar-refractivity contribution is 8.14. The van der Waals surface area contributed by atoms with E-state index in [2.05, 4.69) is 10.1 Å². The van der Waals surface area contributed by atoms with Gasteiger partial charge >= 0.3 is 0 Å².